The van der Waals surface area contributed by atoms with Crippen LogP contribution in [0.15, 0.2) is 29.4 Å². The number of carbonyl (C=O) groups is 1. The molecule has 0 aliphatic carbocycles. The normalized spacial score (nSPS) is 17.3. The number of thioether (sulfide) groups is 1. The summed E-state index contributed by atoms with van der Waals surface area (Å²) in [6.07, 6.45) is 2.24. The van der Waals surface area contributed by atoms with Crippen LogP contribution in [0.4, 0.5) is 0 Å². The topological polar surface area (TPSA) is 69.0 Å². The van der Waals surface area contributed by atoms with E-state index in [0.29, 0.717) is 17.3 Å². The quantitative estimate of drug-likeness (QED) is 0.736. The Morgan fingerprint density at radius 3 is 2.70 bits per heavy atom. The van der Waals surface area contributed by atoms with E-state index in [0.717, 1.165) is 36.0 Å². The lowest BCUT2D eigenvalue weighted by atomic mass is 10.1. The van der Waals surface area contributed by atoms with Gasteiger partial charge in [-0.1, -0.05) is 23.4 Å². The minimum absolute atomic E-state index is 0.0211. The number of nitrogens with zero attached hydrogens (tertiary/aromatic N) is 3. The van der Waals surface area contributed by atoms with Crippen molar-refractivity contribution < 1.29 is 9.53 Å². The van der Waals surface area contributed by atoms with E-state index in [1.807, 2.05) is 49.6 Å². The van der Waals surface area contributed by atoms with Crippen molar-refractivity contribution in [2.24, 2.45) is 0 Å². The van der Waals surface area contributed by atoms with Crippen LogP contribution in [0.25, 0.3) is 11.4 Å². The highest BCUT2D eigenvalue weighted by molar-refractivity contribution is 7.99. The lowest BCUT2D eigenvalue weighted by molar-refractivity contribution is -0.119. The number of nitrogens with one attached hydrogen (secondary N) is 1. The lowest BCUT2D eigenvalue weighted by Crippen LogP contribution is -2.41. The van der Waals surface area contributed by atoms with Crippen molar-refractivity contribution in [3.8, 4) is 11.4 Å². The standard InChI is InChI=1S/C19H25ClN4O2S/c1-19(2,3)21-16(25)12-27-18-23-22-17(13-6-8-14(20)9-7-13)24(18)11-15-5-4-10-26-15/h6-9,15H,4-5,10-12H2,1-3H3,(H,21,25)/t15-/m1/s1. The largest absolute Gasteiger partial charge is 0.376 e. The average Bonchev–Trinajstić information content (AvgIpc) is 3.23. The SMILES string of the molecule is CC(C)(C)NC(=O)CSc1nnc(-c2ccc(Cl)cc2)n1C[C@H]1CCCO1. The molecule has 1 aliphatic rings. The summed E-state index contributed by atoms with van der Waals surface area (Å²) in [5, 5.41) is 13.1. The molecule has 1 atom stereocenters. The summed E-state index contributed by atoms with van der Waals surface area (Å²) >= 11 is 7.40. The van der Waals surface area contributed by atoms with E-state index in [-0.39, 0.29) is 17.6 Å². The van der Waals surface area contributed by atoms with Crippen molar-refractivity contribution in [1.29, 1.82) is 0 Å². The molecule has 3 rings (SSSR count). The number of ether oxygens (including phenoxy) is 1. The van der Waals surface area contributed by atoms with Gasteiger partial charge in [-0.3, -0.25) is 9.36 Å². The maximum Gasteiger partial charge on any atom is 0.230 e. The molecule has 27 heavy (non-hydrogen) atoms. The summed E-state index contributed by atoms with van der Waals surface area (Å²) in [6.45, 7) is 7.37. The molecule has 2 heterocycles. The molecule has 0 spiro atoms. The number of aromatic nitrogens is 3. The molecule has 1 aliphatic heterocycles. The Balaban J connectivity index is 1.80. The van der Waals surface area contributed by atoms with E-state index in [2.05, 4.69) is 15.5 Å². The monoisotopic (exact) mass is 408 g/mol. The van der Waals surface area contributed by atoms with Crippen LogP contribution in [0.1, 0.15) is 33.6 Å². The molecule has 1 N–H and O–H groups in total. The molecule has 1 saturated heterocycles. The van der Waals surface area contributed by atoms with E-state index in [1.54, 1.807) is 0 Å². The number of hydrogen-bond donors (Lipinski definition) is 1. The van der Waals surface area contributed by atoms with E-state index >= 15 is 0 Å². The first-order valence-electron chi connectivity index (χ1n) is 9.06. The molecule has 8 heteroatoms. The van der Waals surface area contributed by atoms with Gasteiger partial charge in [0.25, 0.3) is 0 Å². The summed E-state index contributed by atoms with van der Waals surface area (Å²) < 4.78 is 7.85. The Kier molecular flexibility index (Phi) is 6.44. The number of carbonyl (C=O) groups excluding carboxylic acids is 1. The van der Waals surface area contributed by atoms with Crippen LogP contribution >= 0.6 is 23.4 Å². The molecular formula is C19H25ClN4O2S. The zero-order chi connectivity index (χ0) is 19.4. The fraction of sp³-hybridized carbons (Fsp3) is 0.526. The van der Waals surface area contributed by atoms with Crippen LogP contribution in [0.2, 0.25) is 5.02 Å². The summed E-state index contributed by atoms with van der Waals surface area (Å²) in [7, 11) is 0. The molecule has 0 saturated carbocycles. The first-order valence-corrected chi connectivity index (χ1v) is 10.4. The fourth-order valence-electron chi connectivity index (χ4n) is 2.95. The third kappa shape index (κ3) is 5.70. The second-order valence-corrected chi connectivity index (χ2v) is 9.02. The second kappa shape index (κ2) is 8.63. The van der Waals surface area contributed by atoms with Gasteiger partial charge in [0.15, 0.2) is 11.0 Å². The molecule has 0 unspecified atom stereocenters. The molecule has 0 bridgehead atoms. The molecule has 146 valence electrons. The van der Waals surface area contributed by atoms with E-state index < -0.39 is 0 Å². The van der Waals surface area contributed by atoms with Gasteiger partial charge >= 0.3 is 0 Å². The molecule has 2 aromatic rings. The van der Waals surface area contributed by atoms with Crippen molar-refractivity contribution in [3.63, 3.8) is 0 Å². The highest BCUT2D eigenvalue weighted by Gasteiger charge is 2.22. The predicted octanol–water partition coefficient (Wildman–Crippen LogP) is 3.78. The van der Waals surface area contributed by atoms with Gasteiger partial charge in [-0.2, -0.15) is 0 Å². The van der Waals surface area contributed by atoms with Gasteiger partial charge in [0.1, 0.15) is 0 Å². The molecule has 1 amide bonds. The molecular weight excluding hydrogens is 384 g/mol. The Labute approximate surface area is 169 Å². The number of hydrogen-bond acceptors (Lipinski definition) is 5. The zero-order valence-electron chi connectivity index (χ0n) is 15.9. The van der Waals surface area contributed by atoms with Crippen LogP contribution < -0.4 is 5.32 Å². The van der Waals surface area contributed by atoms with Crippen LogP contribution in [0.3, 0.4) is 0 Å². The van der Waals surface area contributed by atoms with Gasteiger partial charge in [-0.25, -0.2) is 0 Å². The van der Waals surface area contributed by atoms with Crippen molar-refractivity contribution >= 4 is 29.3 Å². The third-order valence-electron chi connectivity index (χ3n) is 4.08. The first kappa shape index (κ1) is 20.2. The first-order chi connectivity index (χ1) is 12.8. The van der Waals surface area contributed by atoms with Crippen molar-refractivity contribution in [3.05, 3.63) is 29.3 Å². The Morgan fingerprint density at radius 1 is 1.33 bits per heavy atom. The van der Waals surface area contributed by atoms with Crippen molar-refractivity contribution in [1.82, 2.24) is 20.1 Å². The highest BCUT2D eigenvalue weighted by Crippen LogP contribution is 2.27. The van der Waals surface area contributed by atoms with Crippen LogP contribution in [0, 0.1) is 0 Å². The van der Waals surface area contributed by atoms with Gasteiger partial charge in [0.05, 0.1) is 18.4 Å². The minimum atomic E-state index is -0.253. The Morgan fingerprint density at radius 2 is 2.07 bits per heavy atom. The van der Waals surface area contributed by atoms with Crippen LogP contribution in [-0.2, 0) is 16.1 Å². The molecule has 1 aromatic heterocycles. The maximum absolute atomic E-state index is 12.2. The number of benzene rings is 1. The van der Waals surface area contributed by atoms with Gasteiger partial charge in [0.2, 0.25) is 5.91 Å². The third-order valence-corrected chi connectivity index (χ3v) is 5.29. The Bertz CT molecular complexity index is 780. The van der Waals surface area contributed by atoms with Gasteiger partial charge in [0, 0.05) is 22.7 Å². The van der Waals surface area contributed by atoms with E-state index in [1.165, 1.54) is 11.8 Å². The van der Waals surface area contributed by atoms with Crippen LogP contribution in [0.5, 0.6) is 0 Å². The van der Waals surface area contributed by atoms with E-state index in [9.17, 15) is 4.79 Å². The summed E-state index contributed by atoms with van der Waals surface area (Å²) in [5.74, 6) is 1.04. The summed E-state index contributed by atoms with van der Waals surface area (Å²) in [6, 6.07) is 7.54. The molecule has 6 nitrogen and oxygen atoms in total. The van der Waals surface area contributed by atoms with Crippen molar-refractivity contribution in [2.45, 2.75) is 57.0 Å². The van der Waals surface area contributed by atoms with Crippen LogP contribution in [-0.4, -0.2) is 44.7 Å². The van der Waals surface area contributed by atoms with Gasteiger partial charge < -0.3 is 10.1 Å². The van der Waals surface area contributed by atoms with Gasteiger partial charge in [-0.15, -0.1) is 10.2 Å². The summed E-state index contributed by atoms with van der Waals surface area (Å²) in [5.41, 5.74) is 0.688. The zero-order valence-corrected chi connectivity index (χ0v) is 17.4. The highest BCUT2D eigenvalue weighted by atomic mass is 35.5. The number of amides is 1. The number of rotatable bonds is 6. The lowest BCUT2D eigenvalue weighted by Gasteiger charge is -2.20. The molecule has 1 fully saturated rings. The molecule has 1 aromatic carbocycles. The summed E-state index contributed by atoms with van der Waals surface area (Å²) in [4.78, 5) is 12.2. The predicted molar refractivity (Wildman–Crippen MR) is 108 cm³/mol. The maximum atomic E-state index is 12.2. The smallest absolute Gasteiger partial charge is 0.230 e. The van der Waals surface area contributed by atoms with Crippen molar-refractivity contribution in [2.75, 3.05) is 12.4 Å². The second-order valence-electron chi connectivity index (χ2n) is 7.65. The average molecular weight is 409 g/mol. The molecule has 0 radical (unpaired) electrons. The Hall–Kier alpha value is -1.57. The number of halogens is 1. The van der Waals surface area contributed by atoms with Gasteiger partial charge in [-0.05, 0) is 57.9 Å². The minimum Gasteiger partial charge on any atom is -0.376 e. The van der Waals surface area contributed by atoms with E-state index in [4.69, 9.17) is 16.3 Å². The fourth-order valence-corrected chi connectivity index (χ4v) is 3.82.